The maximum absolute atomic E-state index is 11.5. The molecule has 15 heavy (non-hydrogen) atoms. The van der Waals surface area contributed by atoms with Gasteiger partial charge in [0.15, 0.2) is 0 Å². The van der Waals surface area contributed by atoms with Gasteiger partial charge < -0.3 is 20.9 Å². The van der Waals surface area contributed by atoms with Crippen molar-refractivity contribution in [1.82, 2.24) is 5.32 Å². The molecule has 0 spiro atoms. The Bertz CT molecular complexity index is 250. The number of rotatable bonds is 3. The fraction of sp³-hybridized carbons (Fsp3) is 0.900. The number of ether oxygens (including phenoxy) is 1. The van der Waals surface area contributed by atoms with Gasteiger partial charge in [-0.05, 0) is 20.8 Å². The lowest BCUT2D eigenvalue weighted by Crippen LogP contribution is -2.54. The van der Waals surface area contributed by atoms with Gasteiger partial charge >= 0.3 is 0 Å². The van der Waals surface area contributed by atoms with E-state index in [-0.39, 0.29) is 18.6 Å². The van der Waals surface area contributed by atoms with E-state index in [9.17, 15) is 9.90 Å². The monoisotopic (exact) mass is 216 g/mol. The average Bonchev–Trinajstić information content (AvgIpc) is 2.42. The molecule has 1 heterocycles. The summed E-state index contributed by atoms with van der Waals surface area (Å²) in [7, 11) is 0. The van der Waals surface area contributed by atoms with Gasteiger partial charge in [-0.1, -0.05) is 0 Å². The lowest BCUT2D eigenvalue weighted by molar-refractivity contribution is -0.127. The molecule has 1 rings (SSSR count). The Kier molecular flexibility index (Phi) is 3.38. The second kappa shape index (κ2) is 4.08. The van der Waals surface area contributed by atoms with E-state index >= 15 is 0 Å². The van der Waals surface area contributed by atoms with E-state index in [0.717, 1.165) is 0 Å². The number of nitrogens with two attached hydrogens (primary N) is 1. The average molecular weight is 216 g/mol. The van der Waals surface area contributed by atoms with Crippen LogP contribution in [0, 0.1) is 0 Å². The molecule has 1 aliphatic rings. The highest BCUT2D eigenvalue weighted by atomic mass is 16.5. The van der Waals surface area contributed by atoms with Crippen LogP contribution in [-0.2, 0) is 9.53 Å². The summed E-state index contributed by atoms with van der Waals surface area (Å²) in [6.07, 6.45) is 0.290. The third kappa shape index (κ3) is 2.90. The topological polar surface area (TPSA) is 84.6 Å². The molecule has 2 unspecified atom stereocenters. The van der Waals surface area contributed by atoms with Gasteiger partial charge in [-0.25, -0.2) is 0 Å². The molecule has 5 nitrogen and oxygen atoms in total. The quantitative estimate of drug-likeness (QED) is 0.587. The van der Waals surface area contributed by atoms with Crippen LogP contribution in [0.25, 0.3) is 0 Å². The van der Waals surface area contributed by atoms with Gasteiger partial charge in [0.1, 0.15) is 5.60 Å². The molecule has 1 saturated heterocycles. The number of aliphatic hydroxyl groups is 1. The van der Waals surface area contributed by atoms with Gasteiger partial charge in [0.25, 0.3) is 0 Å². The SMILES string of the molecule is CC1OCCC1(O)CNC(=O)C(C)(C)N. The summed E-state index contributed by atoms with van der Waals surface area (Å²) < 4.78 is 5.25. The van der Waals surface area contributed by atoms with Crippen molar-refractivity contribution >= 4 is 5.91 Å². The van der Waals surface area contributed by atoms with Crippen molar-refractivity contribution in [2.75, 3.05) is 13.2 Å². The Labute approximate surface area is 90.0 Å². The van der Waals surface area contributed by atoms with Gasteiger partial charge in [0.2, 0.25) is 5.91 Å². The molecule has 1 aliphatic heterocycles. The van der Waals surface area contributed by atoms with Crippen molar-refractivity contribution in [3.05, 3.63) is 0 Å². The van der Waals surface area contributed by atoms with Crippen LogP contribution in [0.3, 0.4) is 0 Å². The highest BCUT2D eigenvalue weighted by Gasteiger charge is 2.40. The molecule has 0 bridgehead atoms. The molecule has 88 valence electrons. The van der Waals surface area contributed by atoms with Crippen molar-refractivity contribution in [2.45, 2.75) is 44.4 Å². The molecule has 0 aromatic carbocycles. The molecular formula is C10H20N2O3. The van der Waals surface area contributed by atoms with Crippen LogP contribution in [-0.4, -0.2) is 41.4 Å². The van der Waals surface area contributed by atoms with Crippen molar-refractivity contribution in [2.24, 2.45) is 5.73 Å². The zero-order chi connectivity index (χ0) is 11.7. The summed E-state index contributed by atoms with van der Waals surface area (Å²) in [6, 6.07) is 0. The third-order valence-electron chi connectivity index (χ3n) is 2.80. The van der Waals surface area contributed by atoms with Crippen molar-refractivity contribution in [1.29, 1.82) is 0 Å². The van der Waals surface area contributed by atoms with E-state index in [1.807, 2.05) is 0 Å². The van der Waals surface area contributed by atoms with Crippen LogP contribution in [0.5, 0.6) is 0 Å². The first-order chi connectivity index (χ1) is 6.76. The number of carbonyl (C=O) groups excluding carboxylic acids is 1. The van der Waals surface area contributed by atoms with Crippen molar-refractivity contribution in [3.63, 3.8) is 0 Å². The summed E-state index contributed by atoms with van der Waals surface area (Å²) in [5.74, 6) is -0.268. The molecule has 0 aliphatic carbocycles. The Morgan fingerprint density at radius 1 is 1.73 bits per heavy atom. The summed E-state index contributed by atoms with van der Waals surface area (Å²) >= 11 is 0. The Morgan fingerprint density at radius 3 is 2.73 bits per heavy atom. The second-order valence-electron chi connectivity index (χ2n) is 4.77. The van der Waals surface area contributed by atoms with Gasteiger partial charge in [0, 0.05) is 19.6 Å². The summed E-state index contributed by atoms with van der Waals surface area (Å²) in [4.78, 5) is 11.5. The van der Waals surface area contributed by atoms with Crippen LogP contribution in [0.1, 0.15) is 27.2 Å². The van der Waals surface area contributed by atoms with E-state index in [1.165, 1.54) is 0 Å². The van der Waals surface area contributed by atoms with Crippen LogP contribution in [0.2, 0.25) is 0 Å². The zero-order valence-corrected chi connectivity index (χ0v) is 9.54. The Morgan fingerprint density at radius 2 is 2.33 bits per heavy atom. The third-order valence-corrected chi connectivity index (χ3v) is 2.80. The Hall–Kier alpha value is -0.650. The minimum absolute atomic E-state index is 0.188. The fourth-order valence-electron chi connectivity index (χ4n) is 1.46. The summed E-state index contributed by atoms with van der Waals surface area (Å²) in [6.45, 7) is 5.77. The van der Waals surface area contributed by atoms with Gasteiger partial charge in [-0.2, -0.15) is 0 Å². The van der Waals surface area contributed by atoms with E-state index in [0.29, 0.717) is 13.0 Å². The van der Waals surface area contributed by atoms with Crippen LogP contribution >= 0.6 is 0 Å². The normalized spacial score (nSPS) is 31.7. The highest BCUT2D eigenvalue weighted by Crippen LogP contribution is 2.24. The smallest absolute Gasteiger partial charge is 0.239 e. The fourth-order valence-corrected chi connectivity index (χ4v) is 1.46. The van der Waals surface area contributed by atoms with E-state index in [4.69, 9.17) is 10.5 Å². The Balaban J connectivity index is 2.47. The van der Waals surface area contributed by atoms with Crippen molar-refractivity contribution in [3.8, 4) is 0 Å². The van der Waals surface area contributed by atoms with Crippen LogP contribution in [0.4, 0.5) is 0 Å². The number of hydrogen-bond acceptors (Lipinski definition) is 4. The van der Waals surface area contributed by atoms with Gasteiger partial charge in [-0.15, -0.1) is 0 Å². The van der Waals surface area contributed by atoms with E-state index in [2.05, 4.69) is 5.32 Å². The molecule has 0 aromatic heterocycles. The van der Waals surface area contributed by atoms with Crippen LogP contribution < -0.4 is 11.1 Å². The molecule has 4 N–H and O–H groups in total. The standard InChI is InChI=1S/C10H20N2O3/c1-7-10(14,4-5-15-7)6-12-8(13)9(2,3)11/h7,14H,4-6,11H2,1-3H3,(H,12,13). The van der Waals surface area contributed by atoms with E-state index in [1.54, 1.807) is 20.8 Å². The highest BCUT2D eigenvalue weighted by molar-refractivity contribution is 5.85. The summed E-state index contributed by atoms with van der Waals surface area (Å²) in [5, 5.41) is 12.7. The molecule has 1 fully saturated rings. The number of hydrogen-bond donors (Lipinski definition) is 3. The lowest BCUT2D eigenvalue weighted by Gasteiger charge is -2.28. The first-order valence-electron chi connectivity index (χ1n) is 5.17. The predicted octanol–water partition coefficient (Wildman–Crippen LogP) is -0.620. The van der Waals surface area contributed by atoms with Crippen molar-refractivity contribution < 1.29 is 14.6 Å². The molecule has 2 atom stereocenters. The molecule has 0 aromatic rings. The molecule has 1 amide bonds. The summed E-state index contributed by atoms with van der Waals surface area (Å²) in [5.41, 5.74) is 3.74. The number of amides is 1. The maximum Gasteiger partial charge on any atom is 0.239 e. The largest absolute Gasteiger partial charge is 0.385 e. The first kappa shape index (κ1) is 12.4. The molecule has 5 heteroatoms. The van der Waals surface area contributed by atoms with E-state index < -0.39 is 11.1 Å². The molecular weight excluding hydrogens is 196 g/mol. The lowest BCUT2D eigenvalue weighted by atomic mass is 9.96. The zero-order valence-electron chi connectivity index (χ0n) is 9.54. The second-order valence-corrected chi connectivity index (χ2v) is 4.77. The molecule has 0 radical (unpaired) electrons. The number of carbonyl (C=O) groups is 1. The predicted molar refractivity (Wildman–Crippen MR) is 56.3 cm³/mol. The van der Waals surface area contributed by atoms with Crippen LogP contribution in [0.15, 0.2) is 0 Å². The van der Waals surface area contributed by atoms with Gasteiger partial charge in [0.05, 0.1) is 11.6 Å². The minimum Gasteiger partial charge on any atom is -0.385 e. The maximum atomic E-state index is 11.5. The number of nitrogens with one attached hydrogen (secondary N) is 1. The van der Waals surface area contributed by atoms with Gasteiger partial charge in [-0.3, -0.25) is 4.79 Å². The minimum atomic E-state index is -0.957. The first-order valence-corrected chi connectivity index (χ1v) is 5.17. The molecule has 0 saturated carbocycles.